The number of hydrogen-bond acceptors (Lipinski definition) is 6. The first-order valence-corrected chi connectivity index (χ1v) is 10.5. The number of nitrogens with one attached hydrogen (secondary N) is 1. The van der Waals surface area contributed by atoms with Crippen molar-refractivity contribution in [2.24, 2.45) is 4.99 Å². The van der Waals surface area contributed by atoms with E-state index in [0.29, 0.717) is 0 Å². The Kier molecular flexibility index (Phi) is 7.43. The van der Waals surface area contributed by atoms with Gasteiger partial charge in [0.1, 0.15) is 0 Å². The molecule has 0 bridgehead atoms. The monoisotopic (exact) mass is 449 g/mol. The number of halogens is 1. The van der Waals surface area contributed by atoms with Crippen LogP contribution in [0, 0.1) is 0 Å². The Balaban J connectivity index is 1.45. The smallest absolute Gasteiger partial charge is 0.160 e. The third-order valence-electron chi connectivity index (χ3n) is 4.32. The van der Waals surface area contributed by atoms with Gasteiger partial charge in [0.05, 0.1) is 27.6 Å². The number of hydrogen-bond donors (Lipinski definition) is 1. The van der Waals surface area contributed by atoms with E-state index >= 15 is 0 Å². The summed E-state index contributed by atoms with van der Waals surface area (Å²) in [5, 5.41) is 4.43. The third kappa shape index (κ3) is 5.89. The first-order chi connectivity index (χ1) is 13.2. The number of benzene rings is 2. The molecule has 0 amide bonds. The molecule has 0 atom stereocenters. The molecule has 0 aromatic heterocycles. The molecule has 0 aliphatic carbocycles. The Morgan fingerprint density at radius 3 is 2.48 bits per heavy atom. The summed E-state index contributed by atoms with van der Waals surface area (Å²) >= 11 is 5.21. The topological polar surface area (TPSA) is 46.1 Å². The van der Waals surface area contributed by atoms with E-state index in [1.807, 2.05) is 12.1 Å². The fourth-order valence-corrected chi connectivity index (χ4v) is 3.83. The summed E-state index contributed by atoms with van der Waals surface area (Å²) in [4.78, 5) is 6.95. The number of nitrogens with zero attached hydrogens (tertiary/aromatic N) is 2. The van der Waals surface area contributed by atoms with Crippen LogP contribution in [0.4, 0.5) is 0 Å². The van der Waals surface area contributed by atoms with Crippen molar-refractivity contribution in [2.75, 3.05) is 34.1 Å². The summed E-state index contributed by atoms with van der Waals surface area (Å²) in [6, 6.07) is 14.5. The van der Waals surface area contributed by atoms with Gasteiger partial charge in [0.15, 0.2) is 16.7 Å². The van der Waals surface area contributed by atoms with Gasteiger partial charge in [-0.05, 0) is 41.8 Å². The molecule has 1 aliphatic rings. The Bertz CT molecular complexity index is 783. The van der Waals surface area contributed by atoms with Gasteiger partial charge in [0.2, 0.25) is 0 Å². The van der Waals surface area contributed by atoms with Gasteiger partial charge >= 0.3 is 0 Å². The molecule has 27 heavy (non-hydrogen) atoms. The van der Waals surface area contributed by atoms with E-state index in [4.69, 9.17) is 9.47 Å². The second kappa shape index (κ2) is 10.0. The van der Waals surface area contributed by atoms with E-state index in [-0.39, 0.29) is 0 Å². The average Bonchev–Trinajstić information content (AvgIpc) is 2.72. The van der Waals surface area contributed by atoms with E-state index < -0.39 is 0 Å². The molecule has 144 valence electrons. The van der Waals surface area contributed by atoms with Gasteiger partial charge in [0.25, 0.3) is 0 Å². The van der Waals surface area contributed by atoms with Crippen molar-refractivity contribution in [3.05, 3.63) is 58.1 Å². The second-order valence-corrected chi connectivity index (χ2v) is 8.07. The van der Waals surface area contributed by atoms with E-state index in [1.54, 1.807) is 26.0 Å². The van der Waals surface area contributed by atoms with Crippen molar-refractivity contribution in [3.8, 4) is 11.5 Å². The molecule has 0 unspecified atom stereocenters. The maximum atomic E-state index is 5.37. The van der Waals surface area contributed by atoms with Gasteiger partial charge in [-0.3, -0.25) is 4.90 Å². The standard InChI is InChI=1S/C20H24BrN3O2S/c1-25-18-8-5-15(11-19(18)26-2)9-10-24-13-22-20(23-14-24)27-12-16-3-6-17(21)7-4-16/h3-8,11H,9-10,12-14H2,1-2H3,(H,22,23). The number of thioether (sulfide) groups is 1. The lowest BCUT2D eigenvalue weighted by Crippen LogP contribution is -2.42. The minimum atomic E-state index is 0.725. The summed E-state index contributed by atoms with van der Waals surface area (Å²) in [5.74, 6) is 2.46. The summed E-state index contributed by atoms with van der Waals surface area (Å²) in [5.41, 5.74) is 2.52. The van der Waals surface area contributed by atoms with Crippen LogP contribution in [0.3, 0.4) is 0 Å². The zero-order chi connectivity index (χ0) is 19.1. The lowest BCUT2D eigenvalue weighted by atomic mass is 10.1. The highest BCUT2D eigenvalue weighted by Crippen LogP contribution is 2.27. The molecule has 0 saturated carbocycles. The fraction of sp³-hybridized carbons (Fsp3) is 0.350. The number of methoxy groups -OCH3 is 2. The highest BCUT2D eigenvalue weighted by molar-refractivity contribution is 9.10. The molecule has 1 heterocycles. The lowest BCUT2D eigenvalue weighted by Gasteiger charge is -2.26. The van der Waals surface area contributed by atoms with Crippen LogP contribution >= 0.6 is 27.7 Å². The minimum absolute atomic E-state index is 0.725. The van der Waals surface area contributed by atoms with Crippen LogP contribution in [0.15, 0.2) is 51.9 Å². The van der Waals surface area contributed by atoms with Crippen LogP contribution in [0.5, 0.6) is 11.5 Å². The highest BCUT2D eigenvalue weighted by atomic mass is 79.9. The van der Waals surface area contributed by atoms with Crippen LogP contribution < -0.4 is 14.8 Å². The van der Waals surface area contributed by atoms with E-state index in [9.17, 15) is 0 Å². The maximum absolute atomic E-state index is 5.37. The molecule has 0 saturated heterocycles. The molecule has 0 fully saturated rings. The molecule has 7 heteroatoms. The number of rotatable bonds is 7. The van der Waals surface area contributed by atoms with Gasteiger partial charge in [-0.25, -0.2) is 4.99 Å². The summed E-state index contributed by atoms with van der Waals surface area (Å²) in [6.45, 7) is 2.49. The first kappa shape index (κ1) is 20.0. The molecular formula is C20H24BrN3O2S. The molecule has 0 radical (unpaired) electrons. The molecular weight excluding hydrogens is 426 g/mol. The number of aliphatic imine (C=N–C) groups is 1. The second-order valence-electron chi connectivity index (χ2n) is 6.19. The molecule has 0 spiro atoms. The Labute approximate surface area is 173 Å². The van der Waals surface area contributed by atoms with Crippen molar-refractivity contribution in [1.82, 2.24) is 10.2 Å². The van der Waals surface area contributed by atoms with Crippen LogP contribution in [-0.2, 0) is 12.2 Å². The summed E-state index contributed by atoms with van der Waals surface area (Å²) in [7, 11) is 3.32. The molecule has 2 aromatic carbocycles. The van der Waals surface area contributed by atoms with Crippen LogP contribution in [-0.4, -0.2) is 44.2 Å². The van der Waals surface area contributed by atoms with Crippen LogP contribution in [0.2, 0.25) is 0 Å². The molecule has 1 N–H and O–H groups in total. The third-order valence-corrected chi connectivity index (χ3v) is 5.87. The molecule has 5 nitrogen and oxygen atoms in total. The number of amidine groups is 1. The van der Waals surface area contributed by atoms with Gasteiger partial charge in [-0.15, -0.1) is 0 Å². The molecule has 1 aliphatic heterocycles. The van der Waals surface area contributed by atoms with Crippen molar-refractivity contribution in [3.63, 3.8) is 0 Å². The molecule has 3 rings (SSSR count). The van der Waals surface area contributed by atoms with Crippen molar-refractivity contribution in [1.29, 1.82) is 0 Å². The Hall–Kier alpha value is -1.70. The fourth-order valence-electron chi connectivity index (χ4n) is 2.75. The SMILES string of the molecule is COc1ccc(CCN2CN=C(SCc3ccc(Br)cc3)NC2)cc1OC. The van der Waals surface area contributed by atoms with E-state index in [1.165, 1.54) is 11.1 Å². The van der Waals surface area contributed by atoms with Gasteiger partial charge in [-0.1, -0.05) is 45.9 Å². The predicted octanol–water partition coefficient (Wildman–Crippen LogP) is 4.12. The quantitative estimate of drug-likeness (QED) is 0.688. The van der Waals surface area contributed by atoms with Crippen LogP contribution in [0.1, 0.15) is 11.1 Å². The van der Waals surface area contributed by atoms with Gasteiger partial charge < -0.3 is 14.8 Å². The van der Waals surface area contributed by atoms with Gasteiger partial charge in [-0.2, -0.15) is 0 Å². The predicted molar refractivity (Wildman–Crippen MR) is 116 cm³/mol. The van der Waals surface area contributed by atoms with Crippen molar-refractivity contribution in [2.45, 2.75) is 12.2 Å². The Morgan fingerprint density at radius 2 is 1.81 bits per heavy atom. The van der Waals surface area contributed by atoms with Crippen molar-refractivity contribution < 1.29 is 9.47 Å². The zero-order valence-electron chi connectivity index (χ0n) is 15.6. The largest absolute Gasteiger partial charge is 0.493 e. The van der Waals surface area contributed by atoms with E-state index in [2.05, 4.69) is 61.5 Å². The normalized spacial score (nSPS) is 14.4. The van der Waals surface area contributed by atoms with Gasteiger partial charge in [0, 0.05) is 16.8 Å². The first-order valence-electron chi connectivity index (χ1n) is 8.77. The van der Waals surface area contributed by atoms with Crippen molar-refractivity contribution >= 4 is 32.9 Å². The zero-order valence-corrected chi connectivity index (χ0v) is 18.0. The van der Waals surface area contributed by atoms with E-state index in [0.717, 1.165) is 53.2 Å². The Morgan fingerprint density at radius 1 is 1.07 bits per heavy atom. The minimum Gasteiger partial charge on any atom is -0.493 e. The highest BCUT2D eigenvalue weighted by Gasteiger charge is 2.13. The lowest BCUT2D eigenvalue weighted by molar-refractivity contribution is 0.270. The molecule has 2 aromatic rings. The summed E-state index contributed by atoms with van der Waals surface area (Å²) < 4.78 is 11.8. The average molecular weight is 450 g/mol. The van der Waals surface area contributed by atoms with Crippen LogP contribution in [0.25, 0.3) is 0 Å². The number of ether oxygens (including phenoxy) is 2. The summed E-state index contributed by atoms with van der Waals surface area (Å²) in [6.07, 6.45) is 0.943. The maximum Gasteiger partial charge on any atom is 0.160 e.